The van der Waals surface area contributed by atoms with Crippen molar-refractivity contribution in [2.24, 2.45) is 51.8 Å². The van der Waals surface area contributed by atoms with Crippen LogP contribution in [0.5, 0.6) is 0 Å². The molecule has 6 aliphatic rings. The van der Waals surface area contributed by atoms with Gasteiger partial charge in [-0.05, 0) is 80.5 Å². The summed E-state index contributed by atoms with van der Waals surface area (Å²) in [6.07, 6.45) is 14.1. The van der Waals surface area contributed by atoms with Gasteiger partial charge < -0.3 is 24.3 Å². The Morgan fingerprint density at radius 1 is 1.23 bits per heavy atom. The average Bonchev–Trinajstić information content (AvgIpc) is 3.65. The van der Waals surface area contributed by atoms with Crippen molar-refractivity contribution in [2.45, 2.75) is 110 Å². The number of nitrogens with zero attached hydrogens (tertiary/aromatic N) is 1. The van der Waals surface area contributed by atoms with E-state index in [1.54, 1.807) is 0 Å². The fraction of sp³-hybridized carbons (Fsp3) is 0.882. The van der Waals surface area contributed by atoms with E-state index in [-0.39, 0.29) is 30.0 Å². The molecular formula is C34H53NO5. The molecule has 5 fully saturated rings. The van der Waals surface area contributed by atoms with Gasteiger partial charge in [0.05, 0.1) is 23.7 Å². The van der Waals surface area contributed by atoms with Crippen molar-refractivity contribution >= 4 is 12.3 Å². The second kappa shape index (κ2) is 10.5. The van der Waals surface area contributed by atoms with Crippen molar-refractivity contribution in [3.63, 3.8) is 0 Å². The number of fused-ring (bicyclic) bond motifs is 2. The quantitative estimate of drug-likeness (QED) is 0.264. The standard InChI is InChI=1S/C34H53NO5/c1-6-7-8-23-15-30(40-29(23)19-35-13-11-25(39-5)12-14-35)33-18-26-22(4)9-10-27(26)32(20-36)17-24(33)16-28(21(2)3)34(32,33)31(37)38/h16,20-27,29-30H,6-15,17-19H2,1-5H3,(H,37,38)/t22-,23?,24?,26-,27-,29?,30?,32?,33?,34?/m1/s1. The van der Waals surface area contributed by atoms with Crippen LogP contribution in [-0.2, 0) is 19.1 Å². The second-order valence-corrected chi connectivity index (χ2v) is 14.9. The molecule has 0 amide bonds. The number of ether oxygens (including phenoxy) is 2. The highest BCUT2D eigenvalue weighted by Gasteiger charge is 2.86. The average molecular weight is 556 g/mol. The molecular weight excluding hydrogens is 502 g/mol. The number of carboxylic acids is 1. The zero-order valence-electron chi connectivity index (χ0n) is 25.6. The number of aliphatic carboxylic acids is 1. The first-order chi connectivity index (χ1) is 19.2. The number of hydrogen-bond donors (Lipinski definition) is 1. The fourth-order valence-corrected chi connectivity index (χ4v) is 11.5. The van der Waals surface area contributed by atoms with Crippen LogP contribution in [0, 0.1) is 51.8 Å². The van der Waals surface area contributed by atoms with E-state index in [2.05, 4.69) is 38.7 Å². The minimum Gasteiger partial charge on any atom is -0.481 e. The molecule has 4 aliphatic carbocycles. The molecule has 40 heavy (non-hydrogen) atoms. The number of rotatable bonds is 10. The van der Waals surface area contributed by atoms with E-state index in [9.17, 15) is 14.7 Å². The van der Waals surface area contributed by atoms with Gasteiger partial charge in [0.25, 0.3) is 0 Å². The van der Waals surface area contributed by atoms with Crippen LogP contribution in [0.25, 0.3) is 0 Å². The molecule has 10 atom stereocenters. The van der Waals surface area contributed by atoms with Gasteiger partial charge in [-0.25, -0.2) is 0 Å². The predicted molar refractivity (Wildman–Crippen MR) is 155 cm³/mol. The molecule has 4 bridgehead atoms. The van der Waals surface area contributed by atoms with Gasteiger partial charge in [0, 0.05) is 32.2 Å². The number of piperidine rings is 1. The first-order valence-electron chi connectivity index (χ1n) is 16.5. The van der Waals surface area contributed by atoms with Gasteiger partial charge in [-0.3, -0.25) is 4.79 Å². The summed E-state index contributed by atoms with van der Waals surface area (Å²) < 4.78 is 12.9. The topological polar surface area (TPSA) is 76.1 Å². The van der Waals surface area contributed by atoms with E-state index in [1.165, 1.54) is 6.42 Å². The van der Waals surface area contributed by atoms with Gasteiger partial charge in [0.1, 0.15) is 11.7 Å². The third-order valence-corrected chi connectivity index (χ3v) is 13.2. The van der Waals surface area contributed by atoms with Crippen molar-refractivity contribution in [1.29, 1.82) is 0 Å². The first kappa shape index (κ1) is 28.9. The molecule has 2 aliphatic heterocycles. The van der Waals surface area contributed by atoms with E-state index in [1.807, 2.05) is 7.11 Å². The smallest absolute Gasteiger partial charge is 0.315 e. The van der Waals surface area contributed by atoms with Crippen LogP contribution >= 0.6 is 0 Å². The summed E-state index contributed by atoms with van der Waals surface area (Å²) in [5.41, 5.74) is -1.45. The highest BCUT2D eigenvalue weighted by atomic mass is 16.5. The van der Waals surface area contributed by atoms with Crippen molar-refractivity contribution in [1.82, 2.24) is 4.90 Å². The lowest BCUT2D eigenvalue weighted by Gasteiger charge is -2.60. The van der Waals surface area contributed by atoms with Gasteiger partial charge in [-0.1, -0.05) is 58.6 Å². The predicted octanol–water partition coefficient (Wildman–Crippen LogP) is 5.99. The second-order valence-electron chi connectivity index (χ2n) is 14.9. The molecule has 224 valence electrons. The van der Waals surface area contributed by atoms with Gasteiger partial charge in [0.2, 0.25) is 0 Å². The van der Waals surface area contributed by atoms with Gasteiger partial charge in [0.15, 0.2) is 0 Å². The van der Waals surface area contributed by atoms with Crippen molar-refractivity contribution in [3.05, 3.63) is 11.6 Å². The minimum atomic E-state index is -1.14. The molecule has 0 radical (unpaired) electrons. The molecule has 0 spiro atoms. The minimum absolute atomic E-state index is 0.102. The molecule has 1 N–H and O–H groups in total. The zero-order valence-corrected chi connectivity index (χ0v) is 25.6. The zero-order chi connectivity index (χ0) is 28.4. The number of allylic oxidation sites excluding steroid dienone is 1. The number of carbonyl (C=O) groups excluding carboxylic acids is 1. The van der Waals surface area contributed by atoms with E-state index in [4.69, 9.17) is 9.47 Å². The molecule has 7 unspecified atom stereocenters. The van der Waals surface area contributed by atoms with E-state index >= 15 is 0 Å². The highest BCUT2D eigenvalue weighted by Crippen LogP contribution is 2.84. The first-order valence-corrected chi connectivity index (χ1v) is 16.5. The van der Waals surface area contributed by atoms with Crippen LogP contribution in [-0.4, -0.2) is 67.3 Å². The van der Waals surface area contributed by atoms with Crippen LogP contribution in [0.1, 0.15) is 91.9 Å². The summed E-state index contributed by atoms with van der Waals surface area (Å²) in [4.78, 5) is 29.9. The summed E-state index contributed by atoms with van der Waals surface area (Å²) in [5, 5.41) is 11.4. The third kappa shape index (κ3) is 3.70. The summed E-state index contributed by atoms with van der Waals surface area (Å²) in [7, 11) is 1.82. The molecule has 6 heteroatoms. The molecule has 0 aromatic carbocycles. The Kier molecular flexibility index (Phi) is 7.56. The van der Waals surface area contributed by atoms with E-state index in [0.717, 1.165) is 82.9 Å². The summed E-state index contributed by atoms with van der Waals surface area (Å²) in [6.45, 7) is 11.9. The number of aldehydes is 1. The van der Waals surface area contributed by atoms with E-state index in [0.29, 0.717) is 30.3 Å². The summed E-state index contributed by atoms with van der Waals surface area (Å²) in [5.74, 6) is 1.01. The summed E-state index contributed by atoms with van der Waals surface area (Å²) in [6, 6.07) is 0. The van der Waals surface area contributed by atoms with Gasteiger partial charge >= 0.3 is 5.97 Å². The Morgan fingerprint density at radius 3 is 2.60 bits per heavy atom. The van der Waals surface area contributed by atoms with Crippen molar-refractivity contribution in [2.75, 3.05) is 26.7 Å². The molecule has 0 aromatic heterocycles. The molecule has 2 heterocycles. The van der Waals surface area contributed by atoms with Crippen molar-refractivity contribution < 1.29 is 24.2 Å². The largest absolute Gasteiger partial charge is 0.481 e. The van der Waals surface area contributed by atoms with Gasteiger partial charge in [-0.15, -0.1) is 0 Å². The third-order valence-electron chi connectivity index (χ3n) is 13.2. The summed E-state index contributed by atoms with van der Waals surface area (Å²) >= 11 is 0. The molecule has 3 saturated carbocycles. The normalized spacial score (nSPS) is 46.6. The monoisotopic (exact) mass is 555 g/mol. The van der Waals surface area contributed by atoms with Crippen LogP contribution in [0.4, 0.5) is 0 Å². The maximum atomic E-state index is 13.9. The SMILES string of the molecule is CCCCC1CC(C23C[C@@H]4[C@H](C)CC[C@H]4C4(C=O)CC2C=C(C(C)C)C34C(=O)O)OC1CN1CCC(OC)CC1. The van der Waals surface area contributed by atoms with Crippen LogP contribution in [0.15, 0.2) is 11.6 Å². The molecule has 0 aromatic rings. The highest BCUT2D eigenvalue weighted by molar-refractivity contribution is 5.90. The van der Waals surface area contributed by atoms with Crippen molar-refractivity contribution in [3.8, 4) is 0 Å². The lowest BCUT2D eigenvalue weighted by atomic mass is 9.41. The maximum absolute atomic E-state index is 13.9. The Morgan fingerprint density at radius 2 is 1.98 bits per heavy atom. The van der Waals surface area contributed by atoms with Gasteiger partial charge in [-0.2, -0.15) is 0 Å². The van der Waals surface area contributed by atoms with E-state index < -0.39 is 22.2 Å². The molecule has 2 saturated heterocycles. The maximum Gasteiger partial charge on any atom is 0.315 e. The Hall–Kier alpha value is -1.24. The van der Waals surface area contributed by atoms with Crippen LogP contribution in [0.3, 0.4) is 0 Å². The Labute approximate surface area is 241 Å². The number of carboxylic acid groups (broad SMARTS) is 1. The Balaban J connectivity index is 1.40. The number of carbonyl (C=O) groups is 2. The number of hydrogen-bond acceptors (Lipinski definition) is 5. The molecule has 6 rings (SSSR count). The number of methoxy groups -OCH3 is 1. The fourth-order valence-electron chi connectivity index (χ4n) is 11.5. The lowest BCUT2D eigenvalue weighted by molar-refractivity contribution is -0.197. The number of unbranched alkanes of at least 4 members (excludes halogenated alkanes) is 1. The lowest BCUT2D eigenvalue weighted by Crippen LogP contribution is -2.65. The molecule has 6 nitrogen and oxygen atoms in total. The van der Waals surface area contributed by atoms with Crippen LogP contribution < -0.4 is 0 Å². The number of likely N-dealkylation sites (tertiary alicyclic amines) is 1. The Bertz CT molecular complexity index is 1020. The van der Waals surface area contributed by atoms with Crippen LogP contribution in [0.2, 0.25) is 0 Å².